The summed E-state index contributed by atoms with van der Waals surface area (Å²) in [5.41, 5.74) is 0.591. The molecule has 3 rings (SSSR count). The predicted octanol–water partition coefficient (Wildman–Crippen LogP) is 2.40. The molecule has 2 heterocycles. The molecule has 1 aliphatic rings. The lowest BCUT2D eigenvalue weighted by Gasteiger charge is -2.32. The fraction of sp³-hybridized carbons (Fsp3) is 0.368. The number of hydrogen-bond donors (Lipinski definition) is 2. The molecule has 2 amide bonds. The molecule has 1 unspecified atom stereocenters. The summed E-state index contributed by atoms with van der Waals surface area (Å²) >= 11 is 1.54. The SMILES string of the molecule is O=C(NC1CCCN(C(=O)c2ccco2)C1)c1ccc(SCCO)cc1. The van der Waals surface area contributed by atoms with Crippen LogP contribution in [0.1, 0.15) is 33.8 Å². The van der Waals surface area contributed by atoms with E-state index in [1.807, 2.05) is 12.1 Å². The van der Waals surface area contributed by atoms with Gasteiger partial charge in [0.1, 0.15) is 0 Å². The molecule has 1 aromatic carbocycles. The van der Waals surface area contributed by atoms with E-state index in [4.69, 9.17) is 9.52 Å². The van der Waals surface area contributed by atoms with E-state index in [9.17, 15) is 9.59 Å². The number of carbonyl (C=O) groups is 2. The molecule has 0 aliphatic carbocycles. The Labute approximate surface area is 156 Å². The van der Waals surface area contributed by atoms with Gasteiger partial charge in [0.2, 0.25) is 0 Å². The van der Waals surface area contributed by atoms with Crippen molar-refractivity contribution in [3.8, 4) is 0 Å². The van der Waals surface area contributed by atoms with Crippen LogP contribution in [-0.2, 0) is 0 Å². The smallest absolute Gasteiger partial charge is 0.289 e. The van der Waals surface area contributed by atoms with Gasteiger partial charge >= 0.3 is 0 Å². The summed E-state index contributed by atoms with van der Waals surface area (Å²) in [4.78, 5) is 27.6. The average molecular weight is 374 g/mol. The number of rotatable bonds is 6. The molecule has 138 valence electrons. The third-order valence-corrected chi connectivity index (χ3v) is 5.24. The number of likely N-dealkylation sites (tertiary alicyclic amines) is 1. The Morgan fingerprint density at radius 1 is 1.27 bits per heavy atom. The molecule has 1 fully saturated rings. The van der Waals surface area contributed by atoms with Crippen molar-refractivity contribution < 1.29 is 19.1 Å². The number of aliphatic hydroxyl groups excluding tert-OH is 1. The largest absolute Gasteiger partial charge is 0.459 e. The second-order valence-electron chi connectivity index (χ2n) is 6.14. The van der Waals surface area contributed by atoms with Gasteiger partial charge in [-0.25, -0.2) is 0 Å². The van der Waals surface area contributed by atoms with Gasteiger partial charge in [0, 0.05) is 35.3 Å². The standard InChI is InChI=1S/C19H22N2O4S/c22-10-12-26-16-7-5-14(6-8-16)18(23)20-15-3-1-9-21(13-15)19(24)17-4-2-11-25-17/h2,4-8,11,15,22H,1,3,9-10,12-13H2,(H,20,23). The summed E-state index contributed by atoms with van der Waals surface area (Å²) in [6, 6.07) is 10.6. The number of thioether (sulfide) groups is 1. The maximum atomic E-state index is 12.5. The van der Waals surface area contributed by atoms with Gasteiger partial charge in [0.05, 0.1) is 12.9 Å². The normalized spacial score (nSPS) is 17.1. The zero-order valence-electron chi connectivity index (χ0n) is 14.4. The highest BCUT2D eigenvalue weighted by Gasteiger charge is 2.26. The minimum atomic E-state index is -0.140. The molecule has 1 atom stereocenters. The second kappa shape index (κ2) is 8.91. The Balaban J connectivity index is 1.56. The van der Waals surface area contributed by atoms with Crippen molar-refractivity contribution in [2.45, 2.75) is 23.8 Å². The number of nitrogens with zero attached hydrogens (tertiary/aromatic N) is 1. The van der Waals surface area contributed by atoms with Crippen LogP contribution < -0.4 is 5.32 Å². The van der Waals surface area contributed by atoms with Crippen molar-refractivity contribution in [2.24, 2.45) is 0 Å². The zero-order valence-corrected chi connectivity index (χ0v) is 15.2. The molecule has 26 heavy (non-hydrogen) atoms. The molecule has 2 aromatic rings. The lowest BCUT2D eigenvalue weighted by molar-refractivity contribution is 0.0647. The lowest BCUT2D eigenvalue weighted by Crippen LogP contribution is -2.49. The van der Waals surface area contributed by atoms with Crippen LogP contribution in [0.4, 0.5) is 0 Å². The van der Waals surface area contributed by atoms with Crippen LogP contribution in [0.25, 0.3) is 0 Å². The summed E-state index contributed by atoms with van der Waals surface area (Å²) < 4.78 is 5.18. The topological polar surface area (TPSA) is 82.8 Å². The Kier molecular flexibility index (Phi) is 6.35. The van der Waals surface area contributed by atoms with Gasteiger partial charge in [-0.1, -0.05) is 0 Å². The Morgan fingerprint density at radius 2 is 2.08 bits per heavy atom. The number of furan rings is 1. The molecule has 0 bridgehead atoms. The monoisotopic (exact) mass is 374 g/mol. The van der Waals surface area contributed by atoms with Gasteiger partial charge in [-0.2, -0.15) is 0 Å². The van der Waals surface area contributed by atoms with E-state index < -0.39 is 0 Å². The molecule has 0 radical (unpaired) electrons. The third-order valence-electron chi connectivity index (χ3n) is 4.25. The summed E-state index contributed by atoms with van der Waals surface area (Å²) in [5.74, 6) is 0.681. The zero-order chi connectivity index (χ0) is 18.4. The first-order valence-corrected chi connectivity index (χ1v) is 9.63. The highest BCUT2D eigenvalue weighted by molar-refractivity contribution is 7.99. The van der Waals surface area contributed by atoms with Crippen LogP contribution in [-0.4, -0.2) is 53.3 Å². The molecule has 1 saturated heterocycles. The molecule has 1 aromatic heterocycles. The van der Waals surface area contributed by atoms with Crippen LogP contribution in [0.5, 0.6) is 0 Å². The minimum Gasteiger partial charge on any atom is -0.459 e. The van der Waals surface area contributed by atoms with Crippen molar-refractivity contribution in [3.05, 3.63) is 54.0 Å². The summed E-state index contributed by atoms with van der Waals surface area (Å²) in [5, 5.41) is 11.9. The maximum absolute atomic E-state index is 12.5. The maximum Gasteiger partial charge on any atom is 0.289 e. The van der Waals surface area contributed by atoms with Crippen LogP contribution in [0.2, 0.25) is 0 Å². The number of piperidine rings is 1. The second-order valence-corrected chi connectivity index (χ2v) is 7.31. The molecule has 0 spiro atoms. The van der Waals surface area contributed by atoms with Crippen molar-refractivity contribution in [3.63, 3.8) is 0 Å². The van der Waals surface area contributed by atoms with Gasteiger partial charge in [0.25, 0.3) is 11.8 Å². The average Bonchev–Trinajstić information content (AvgIpc) is 3.21. The van der Waals surface area contributed by atoms with E-state index >= 15 is 0 Å². The first-order chi connectivity index (χ1) is 12.7. The first-order valence-electron chi connectivity index (χ1n) is 8.65. The van der Waals surface area contributed by atoms with Crippen LogP contribution >= 0.6 is 11.8 Å². The quantitative estimate of drug-likeness (QED) is 0.759. The lowest BCUT2D eigenvalue weighted by atomic mass is 10.0. The van der Waals surface area contributed by atoms with E-state index in [2.05, 4.69) is 5.32 Å². The van der Waals surface area contributed by atoms with Crippen molar-refractivity contribution in [1.82, 2.24) is 10.2 Å². The van der Waals surface area contributed by atoms with Crippen LogP contribution in [0.15, 0.2) is 52.0 Å². The van der Waals surface area contributed by atoms with E-state index in [0.29, 0.717) is 30.2 Å². The highest BCUT2D eigenvalue weighted by atomic mass is 32.2. The van der Waals surface area contributed by atoms with Crippen LogP contribution in [0.3, 0.4) is 0 Å². The Bertz CT molecular complexity index is 731. The highest BCUT2D eigenvalue weighted by Crippen LogP contribution is 2.19. The first kappa shape index (κ1) is 18.5. The molecular weight excluding hydrogens is 352 g/mol. The fourth-order valence-electron chi connectivity index (χ4n) is 2.97. The van der Waals surface area contributed by atoms with Gasteiger partial charge in [-0.15, -0.1) is 11.8 Å². The number of aliphatic hydroxyl groups is 1. The third kappa shape index (κ3) is 4.68. The number of benzene rings is 1. The summed E-state index contributed by atoms with van der Waals surface area (Å²) in [7, 11) is 0. The van der Waals surface area contributed by atoms with Gasteiger partial charge in [-0.3, -0.25) is 9.59 Å². The number of carbonyl (C=O) groups excluding carboxylic acids is 2. The van der Waals surface area contributed by atoms with E-state index in [1.165, 1.54) is 6.26 Å². The van der Waals surface area contributed by atoms with Crippen molar-refractivity contribution in [2.75, 3.05) is 25.4 Å². The molecule has 6 nitrogen and oxygen atoms in total. The number of nitrogens with one attached hydrogen (secondary N) is 1. The van der Waals surface area contributed by atoms with Crippen LogP contribution in [0, 0.1) is 0 Å². The van der Waals surface area contributed by atoms with Gasteiger partial charge in [0.15, 0.2) is 5.76 Å². The van der Waals surface area contributed by atoms with Gasteiger partial charge in [-0.05, 0) is 49.2 Å². The van der Waals surface area contributed by atoms with Crippen molar-refractivity contribution >= 4 is 23.6 Å². The van der Waals surface area contributed by atoms with E-state index in [0.717, 1.165) is 17.7 Å². The van der Waals surface area contributed by atoms with E-state index in [-0.39, 0.29) is 24.5 Å². The molecule has 2 N–H and O–H groups in total. The summed E-state index contributed by atoms with van der Waals surface area (Å²) in [6.45, 7) is 1.28. The summed E-state index contributed by atoms with van der Waals surface area (Å²) in [6.07, 6.45) is 3.17. The van der Waals surface area contributed by atoms with E-state index in [1.54, 1.807) is 40.9 Å². The van der Waals surface area contributed by atoms with Crippen molar-refractivity contribution in [1.29, 1.82) is 0 Å². The molecular formula is C19H22N2O4S. The molecule has 1 aliphatic heterocycles. The number of amides is 2. The number of hydrogen-bond acceptors (Lipinski definition) is 5. The Morgan fingerprint density at radius 3 is 2.77 bits per heavy atom. The fourth-order valence-corrected chi connectivity index (χ4v) is 3.63. The van der Waals surface area contributed by atoms with Gasteiger partial charge < -0.3 is 19.7 Å². The molecule has 7 heteroatoms. The molecule has 0 saturated carbocycles. The Hall–Kier alpha value is -2.25. The predicted molar refractivity (Wildman–Crippen MR) is 99.4 cm³/mol. The minimum absolute atomic E-state index is 0.0707.